The minimum absolute atomic E-state index is 0.0138. The highest BCUT2D eigenvalue weighted by Gasteiger charge is 2.40. The second kappa shape index (κ2) is 9.26. The zero-order chi connectivity index (χ0) is 20.2. The summed E-state index contributed by atoms with van der Waals surface area (Å²) in [6.45, 7) is 4.27. The number of rotatable bonds is 5. The fourth-order valence-electron chi connectivity index (χ4n) is 5.17. The summed E-state index contributed by atoms with van der Waals surface area (Å²) in [5.41, 5.74) is 1.95. The molecule has 0 radical (unpaired) electrons. The van der Waals surface area contributed by atoms with Crippen LogP contribution in [-0.4, -0.2) is 79.0 Å². The summed E-state index contributed by atoms with van der Waals surface area (Å²) >= 11 is 0. The minimum atomic E-state index is -0.524. The molecule has 6 nitrogen and oxygen atoms in total. The molecule has 1 atom stereocenters. The largest absolute Gasteiger partial charge is 0.383 e. The first kappa shape index (κ1) is 20.4. The molecule has 1 aromatic carbocycles. The summed E-state index contributed by atoms with van der Waals surface area (Å²) < 4.78 is 5.21. The van der Waals surface area contributed by atoms with E-state index in [1.165, 1.54) is 32.1 Å². The molecule has 4 rings (SSSR count). The summed E-state index contributed by atoms with van der Waals surface area (Å²) in [4.78, 5) is 32.7. The molecule has 3 aliphatic rings. The lowest BCUT2D eigenvalue weighted by Crippen LogP contribution is -2.56. The van der Waals surface area contributed by atoms with E-state index in [1.807, 2.05) is 29.2 Å². The van der Waals surface area contributed by atoms with Crippen LogP contribution in [0.25, 0.3) is 0 Å². The first-order chi connectivity index (χ1) is 14.2. The quantitative estimate of drug-likeness (QED) is 0.762. The normalized spacial score (nSPS) is 23.9. The summed E-state index contributed by atoms with van der Waals surface area (Å²) in [6.07, 6.45) is 6.98. The number of piperazine rings is 1. The molecule has 2 amide bonds. The molecular weight excluding hydrogens is 366 g/mol. The molecule has 1 saturated carbocycles. The Hall–Kier alpha value is -1.92. The van der Waals surface area contributed by atoms with Gasteiger partial charge in [0.05, 0.1) is 13.0 Å². The molecule has 2 fully saturated rings. The second-order valence-corrected chi connectivity index (χ2v) is 8.51. The molecule has 1 saturated heterocycles. The lowest BCUT2D eigenvalue weighted by Gasteiger charge is -2.43. The van der Waals surface area contributed by atoms with Gasteiger partial charge in [-0.25, -0.2) is 0 Å². The van der Waals surface area contributed by atoms with Gasteiger partial charge in [-0.15, -0.1) is 0 Å². The highest BCUT2D eigenvalue weighted by molar-refractivity contribution is 5.92. The Labute approximate surface area is 173 Å². The van der Waals surface area contributed by atoms with Crippen molar-refractivity contribution < 1.29 is 14.3 Å². The van der Waals surface area contributed by atoms with E-state index in [0.29, 0.717) is 25.6 Å². The van der Waals surface area contributed by atoms with E-state index in [0.717, 1.165) is 37.3 Å². The number of carbonyl (C=O) groups is 2. The van der Waals surface area contributed by atoms with Gasteiger partial charge in [-0.1, -0.05) is 43.5 Å². The van der Waals surface area contributed by atoms with Crippen LogP contribution in [0, 0.1) is 0 Å². The lowest BCUT2D eigenvalue weighted by molar-refractivity contribution is -0.149. The summed E-state index contributed by atoms with van der Waals surface area (Å²) in [6, 6.07) is 8.05. The van der Waals surface area contributed by atoms with Gasteiger partial charge in [-0.3, -0.25) is 14.5 Å². The third kappa shape index (κ3) is 4.33. The molecule has 0 spiro atoms. The van der Waals surface area contributed by atoms with Crippen LogP contribution < -0.4 is 0 Å². The molecule has 1 aliphatic carbocycles. The maximum Gasteiger partial charge on any atom is 0.250 e. The van der Waals surface area contributed by atoms with Crippen molar-refractivity contribution >= 4 is 11.8 Å². The van der Waals surface area contributed by atoms with Crippen molar-refractivity contribution in [2.75, 3.05) is 46.4 Å². The molecule has 0 bridgehead atoms. The molecule has 0 aromatic heterocycles. The van der Waals surface area contributed by atoms with Crippen LogP contribution >= 0.6 is 0 Å². The zero-order valence-electron chi connectivity index (χ0n) is 17.5. The van der Waals surface area contributed by atoms with Gasteiger partial charge in [0.25, 0.3) is 0 Å². The van der Waals surface area contributed by atoms with Gasteiger partial charge in [0.1, 0.15) is 6.04 Å². The van der Waals surface area contributed by atoms with E-state index in [1.54, 1.807) is 12.0 Å². The molecule has 0 N–H and O–H groups in total. The Bertz CT molecular complexity index is 724. The fraction of sp³-hybridized carbons (Fsp3) is 0.652. The standard InChI is InChI=1S/C23H33N3O3/c1-29-16-15-26-21(27)17-18-7-5-6-10-20(18)22(26)23(28)25-13-11-24(12-14-25)19-8-3-2-4-9-19/h5-7,10,19,22H,2-4,8-9,11-17H2,1H3/t22-/m0/s1. The van der Waals surface area contributed by atoms with Crippen molar-refractivity contribution in [2.24, 2.45) is 0 Å². The number of methoxy groups -OCH3 is 1. The van der Waals surface area contributed by atoms with Crippen molar-refractivity contribution in [1.29, 1.82) is 0 Å². The van der Waals surface area contributed by atoms with Gasteiger partial charge in [0.15, 0.2) is 0 Å². The maximum atomic E-state index is 13.6. The van der Waals surface area contributed by atoms with Crippen molar-refractivity contribution in [3.8, 4) is 0 Å². The number of fused-ring (bicyclic) bond motifs is 1. The monoisotopic (exact) mass is 399 g/mol. The third-order valence-electron chi connectivity index (χ3n) is 6.81. The lowest BCUT2D eigenvalue weighted by atomic mass is 9.90. The summed E-state index contributed by atoms with van der Waals surface area (Å²) in [5, 5.41) is 0. The number of nitrogens with zero attached hydrogens (tertiary/aromatic N) is 3. The summed E-state index contributed by atoms with van der Waals surface area (Å²) in [5.74, 6) is 0.0739. The van der Waals surface area contributed by atoms with Crippen molar-refractivity contribution in [1.82, 2.24) is 14.7 Å². The molecule has 1 aromatic rings. The van der Waals surface area contributed by atoms with Crippen LogP contribution in [0.2, 0.25) is 0 Å². The third-order valence-corrected chi connectivity index (χ3v) is 6.81. The molecule has 158 valence electrons. The first-order valence-electron chi connectivity index (χ1n) is 11.1. The highest BCUT2D eigenvalue weighted by Crippen LogP contribution is 2.32. The topological polar surface area (TPSA) is 53.1 Å². The molecule has 2 heterocycles. The van der Waals surface area contributed by atoms with Gasteiger partial charge in [-0.05, 0) is 24.0 Å². The van der Waals surface area contributed by atoms with E-state index in [9.17, 15) is 9.59 Å². The molecule has 0 unspecified atom stereocenters. The number of hydrogen-bond acceptors (Lipinski definition) is 4. The Morgan fingerprint density at radius 3 is 2.52 bits per heavy atom. The van der Waals surface area contributed by atoms with Crippen molar-refractivity contribution in [3.05, 3.63) is 35.4 Å². The number of ether oxygens (including phenoxy) is 1. The number of hydrogen-bond donors (Lipinski definition) is 0. The van der Waals surface area contributed by atoms with E-state index >= 15 is 0 Å². The average Bonchev–Trinajstić information content (AvgIpc) is 2.77. The second-order valence-electron chi connectivity index (χ2n) is 8.51. The van der Waals surface area contributed by atoms with Gasteiger partial charge in [0.2, 0.25) is 11.8 Å². The van der Waals surface area contributed by atoms with Crippen LogP contribution in [-0.2, 0) is 20.7 Å². The van der Waals surface area contributed by atoms with Gasteiger partial charge < -0.3 is 14.5 Å². The van der Waals surface area contributed by atoms with Crippen LogP contribution in [0.5, 0.6) is 0 Å². The zero-order valence-corrected chi connectivity index (χ0v) is 17.5. The van der Waals surface area contributed by atoms with Gasteiger partial charge >= 0.3 is 0 Å². The maximum absolute atomic E-state index is 13.6. The smallest absolute Gasteiger partial charge is 0.250 e. The molecule has 29 heavy (non-hydrogen) atoms. The van der Waals surface area contributed by atoms with E-state index in [4.69, 9.17) is 4.74 Å². The highest BCUT2D eigenvalue weighted by atomic mass is 16.5. The summed E-state index contributed by atoms with van der Waals surface area (Å²) in [7, 11) is 1.63. The van der Waals surface area contributed by atoms with Crippen molar-refractivity contribution in [3.63, 3.8) is 0 Å². The van der Waals surface area contributed by atoms with Crippen LogP contribution in [0.4, 0.5) is 0 Å². The minimum Gasteiger partial charge on any atom is -0.383 e. The SMILES string of the molecule is COCCN1C(=O)Cc2ccccc2[C@H]1C(=O)N1CCN(C2CCCCC2)CC1. The predicted octanol–water partition coefficient (Wildman–Crippen LogP) is 2.24. The van der Waals surface area contributed by atoms with E-state index < -0.39 is 6.04 Å². The fourth-order valence-corrected chi connectivity index (χ4v) is 5.17. The number of amides is 2. The molecular formula is C23H33N3O3. The van der Waals surface area contributed by atoms with E-state index in [-0.39, 0.29) is 11.8 Å². The van der Waals surface area contributed by atoms with Crippen molar-refractivity contribution in [2.45, 2.75) is 50.6 Å². The Morgan fingerprint density at radius 2 is 1.79 bits per heavy atom. The Morgan fingerprint density at radius 1 is 1.07 bits per heavy atom. The number of benzene rings is 1. The van der Waals surface area contributed by atoms with Gasteiger partial charge in [0, 0.05) is 45.9 Å². The Balaban J connectivity index is 1.49. The average molecular weight is 400 g/mol. The molecule has 6 heteroatoms. The van der Waals surface area contributed by atoms with Crippen LogP contribution in [0.15, 0.2) is 24.3 Å². The first-order valence-corrected chi connectivity index (χ1v) is 11.1. The molecule has 2 aliphatic heterocycles. The van der Waals surface area contributed by atoms with Crippen LogP contribution in [0.1, 0.15) is 49.3 Å². The predicted molar refractivity (Wildman–Crippen MR) is 112 cm³/mol. The van der Waals surface area contributed by atoms with Crippen LogP contribution in [0.3, 0.4) is 0 Å². The Kier molecular flexibility index (Phi) is 6.50. The van der Waals surface area contributed by atoms with E-state index in [2.05, 4.69) is 4.90 Å². The van der Waals surface area contributed by atoms with Gasteiger partial charge in [-0.2, -0.15) is 0 Å². The number of carbonyl (C=O) groups excluding carboxylic acids is 2.